The zero-order valence-electron chi connectivity index (χ0n) is 20.8. The lowest BCUT2D eigenvalue weighted by Crippen LogP contribution is -2.46. The van der Waals surface area contributed by atoms with Gasteiger partial charge in [-0.05, 0) is 51.9 Å². The van der Waals surface area contributed by atoms with E-state index in [9.17, 15) is 4.79 Å². The molecule has 34 heavy (non-hydrogen) atoms. The zero-order chi connectivity index (χ0) is 24.2. The van der Waals surface area contributed by atoms with Gasteiger partial charge in [0, 0.05) is 61.6 Å². The summed E-state index contributed by atoms with van der Waals surface area (Å²) in [6.07, 6.45) is 2.11. The SMILES string of the molecule is CCN1CCN(c2ccc(CNC(=O)Cc3c(C)nn(-c4nc(C)cc(C)n4)c3C)cn2)CC1. The van der Waals surface area contributed by atoms with Crippen LogP contribution in [0.15, 0.2) is 24.4 Å². The maximum absolute atomic E-state index is 12.7. The highest BCUT2D eigenvalue weighted by molar-refractivity contribution is 5.79. The zero-order valence-corrected chi connectivity index (χ0v) is 20.8. The van der Waals surface area contributed by atoms with Crippen molar-refractivity contribution in [2.45, 2.75) is 47.6 Å². The predicted molar refractivity (Wildman–Crippen MR) is 132 cm³/mol. The number of likely N-dealkylation sites (N-methyl/N-ethyl adjacent to an activating group) is 1. The van der Waals surface area contributed by atoms with Gasteiger partial charge >= 0.3 is 0 Å². The molecular weight excluding hydrogens is 428 g/mol. The molecule has 0 spiro atoms. The molecule has 1 fully saturated rings. The molecule has 3 aromatic rings. The highest BCUT2D eigenvalue weighted by atomic mass is 16.1. The van der Waals surface area contributed by atoms with Crippen molar-refractivity contribution in [1.82, 2.24) is 34.9 Å². The predicted octanol–water partition coefficient (Wildman–Crippen LogP) is 2.29. The van der Waals surface area contributed by atoms with Crippen LogP contribution in [-0.2, 0) is 17.8 Å². The molecular formula is C25H34N8O. The molecule has 1 aliphatic heterocycles. The Bertz CT molecular complexity index is 1130. The highest BCUT2D eigenvalue weighted by Gasteiger charge is 2.18. The molecule has 1 saturated heterocycles. The van der Waals surface area contributed by atoms with Gasteiger partial charge < -0.3 is 15.1 Å². The van der Waals surface area contributed by atoms with Gasteiger partial charge in [-0.1, -0.05) is 13.0 Å². The van der Waals surface area contributed by atoms with E-state index in [-0.39, 0.29) is 12.3 Å². The molecule has 0 aromatic carbocycles. The van der Waals surface area contributed by atoms with E-state index < -0.39 is 0 Å². The van der Waals surface area contributed by atoms with Crippen LogP contribution in [0.25, 0.3) is 5.95 Å². The number of aromatic nitrogens is 5. The fraction of sp³-hybridized carbons (Fsp3) is 0.480. The molecule has 0 radical (unpaired) electrons. The van der Waals surface area contributed by atoms with Crippen molar-refractivity contribution < 1.29 is 4.79 Å². The minimum atomic E-state index is -0.0492. The monoisotopic (exact) mass is 462 g/mol. The van der Waals surface area contributed by atoms with E-state index in [1.807, 2.05) is 52.1 Å². The Balaban J connectivity index is 1.35. The van der Waals surface area contributed by atoms with E-state index in [2.05, 4.69) is 42.1 Å². The number of aryl methyl sites for hydroxylation is 3. The Morgan fingerprint density at radius 3 is 2.35 bits per heavy atom. The number of hydrogen-bond acceptors (Lipinski definition) is 7. The van der Waals surface area contributed by atoms with E-state index in [1.165, 1.54) is 0 Å². The lowest BCUT2D eigenvalue weighted by molar-refractivity contribution is -0.120. The number of carbonyl (C=O) groups excluding carboxylic acids is 1. The fourth-order valence-corrected chi connectivity index (χ4v) is 4.35. The van der Waals surface area contributed by atoms with Crippen LogP contribution in [0.5, 0.6) is 0 Å². The second-order valence-electron chi connectivity index (χ2n) is 8.91. The van der Waals surface area contributed by atoms with Crippen LogP contribution >= 0.6 is 0 Å². The second kappa shape index (κ2) is 10.3. The summed E-state index contributed by atoms with van der Waals surface area (Å²) in [5.41, 5.74) is 5.35. The quantitative estimate of drug-likeness (QED) is 0.576. The van der Waals surface area contributed by atoms with Gasteiger partial charge in [0.15, 0.2) is 0 Å². The lowest BCUT2D eigenvalue weighted by Gasteiger charge is -2.34. The largest absolute Gasteiger partial charge is 0.354 e. The van der Waals surface area contributed by atoms with E-state index in [0.29, 0.717) is 12.5 Å². The summed E-state index contributed by atoms with van der Waals surface area (Å²) in [5.74, 6) is 1.48. The number of carbonyl (C=O) groups is 1. The van der Waals surface area contributed by atoms with Crippen LogP contribution in [0.4, 0.5) is 5.82 Å². The van der Waals surface area contributed by atoms with Gasteiger partial charge in [-0.2, -0.15) is 5.10 Å². The molecule has 4 rings (SSSR count). The number of piperazine rings is 1. The molecule has 1 N–H and O–H groups in total. The molecule has 0 unspecified atom stereocenters. The molecule has 4 heterocycles. The van der Waals surface area contributed by atoms with Crippen molar-refractivity contribution in [3.8, 4) is 5.95 Å². The summed E-state index contributed by atoms with van der Waals surface area (Å²) in [5, 5.41) is 7.61. The third-order valence-electron chi connectivity index (χ3n) is 6.38. The van der Waals surface area contributed by atoms with Gasteiger partial charge in [0.2, 0.25) is 5.91 Å². The van der Waals surface area contributed by atoms with Crippen LogP contribution in [0.2, 0.25) is 0 Å². The first kappa shape index (κ1) is 23.8. The minimum Gasteiger partial charge on any atom is -0.354 e. The van der Waals surface area contributed by atoms with Gasteiger partial charge in [0.05, 0.1) is 12.1 Å². The third kappa shape index (κ3) is 5.41. The number of pyridine rings is 1. The molecule has 0 atom stereocenters. The number of hydrogen-bond donors (Lipinski definition) is 1. The highest BCUT2D eigenvalue weighted by Crippen LogP contribution is 2.18. The van der Waals surface area contributed by atoms with Crippen molar-refractivity contribution in [2.24, 2.45) is 0 Å². The van der Waals surface area contributed by atoms with Crippen molar-refractivity contribution in [3.63, 3.8) is 0 Å². The Kier molecular flexibility index (Phi) is 7.21. The van der Waals surface area contributed by atoms with Gasteiger partial charge in [0.25, 0.3) is 5.95 Å². The number of nitrogens with one attached hydrogen (secondary N) is 1. The van der Waals surface area contributed by atoms with Crippen LogP contribution in [0.1, 0.15) is 40.8 Å². The summed E-state index contributed by atoms with van der Waals surface area (Å²) < 4.78 is 1.72. The molecule has 1 amide bonds. The Morgan fingerprint density at radius 2 is 1.74 bits per heavy atom. The van der Waals surface area contributed by atoms with Gasteiger partial charge in [-0.3, -0.25) is 4.79 Å². The van der Waals surface area contributed by atoms with E-state index in [0.717, 1.165) is 72.4 Å². The maximum Gasteiger partial charge on any atom is 0.251 e. The van der Waals surface area contributed by atoms with E-state index in [4.69, 9.17) is 0 Å². The van der Waals surface area contributed by atoms with Crippen LogP contribution in [0.3, 0.4) is 0 Å². The normalized spacial score (nSPS) is 14.4. The van der Waals surface area contributed by atoms with Crippen LogP contribution in [0, 0.1) is 27.7 Å². The van der Waals surface area contributed by atoms with Gasteiger partial charge in [-0.15, -0.1) is 0 Å². The van der Waals surface area contributed by atoms with Gasteiger partial charge in [-0.25, -0.2) is 19.6 Å². The average molecular weight is 463 g/mol. The molecule has 0 aliphatic carbocycles. The Morgan fingerprint density at radius 1 is 1.03 bits per heavy atom. The standard InChI is InChI=1S/C25H34N8O/c1-6-31-9-11-32(12-10-31)23-8-7-21(15-26-23)16-27-24(34)14-22-19(4)30-33(20(22)5)25-28-17(2)13-18(3)29-25/h7-8,13,15H,6,9-12,14,16H2,1-5H3,(H,27,34). The Labute approximate surface area is 201 Å². The minimum absolute atomic E-state index is 0.0492. The summed E-state index contributed by atoms with van der Waals surface area (Å²) in [4.78, 5) is 31.1. The molecule has 9 heteroatoms. The van der Waals surface area contributed by atoms with E-state index >= 15 is 0 Å². The first-order valence-corrected chi connectivity index (χ1v) is 11.9. The smallest absolute Gasteiger partial charge is 0.251 e. The van der Waals surface area contributed by atoms with Gasteiger partial charge in [0.1, 0.15) is 5.82 Å². The summed E-state index contributed by atoms with van der Waals surface area (Å²) in [6, 6.07) is 6.02. The average Bonchev–Trinajstić information content (AvgIpc) is 3.11. The van der Waals surface area contributed by atoms with Crippen LogP contribution < -0.4 is 10.2 Å². The topological polar surface area (TPSA) is 92.1 Å². The number of anilines is 1. The van der Waals surface area contributed by atoms with Crippen molar-refractivity contribution in [1.29, 1.82) is 0 Å². The first-order chi connectivity index (χ1) is 16.3. The maximum atomic E-state index is 12.7. The first-order valence-electron chi connectivity index (χ1n) is 11.9. The van der Waals surface area contributed by atoms with E-state index in [1.54, 1.807) is 4.68 Å². The molecule has 180 valence electrons. The molecule has 3 aromatic heterocycles. The molecule has 1 aliphatic rings. The van der Waals surface area contributed by atoms with Crippen molar-refractivity contribution in [2.75, 3.05) is 37.6 Å². The number of nitrogens with zero attached hydrogens (tertiary/aromatic N) is 7. The van der Waals surface area contributed by atoms with Crippen molar-refractivity contribution >= 4 is 11.7 Å². The summed E-state index contributed by atoms with van der Waals surface area (Å²) in [6.45, 7) is 15.6. The summed E-state index contributed by atoms with van der Waals surface area (Å²) >= 11 is 0. The third-order valence-corrected chi connectivity index (χ3v) is 6.38. The number of rotatable bonds is 7. The molecule has 0 saturated carbocycles. The fourth-order valence-electron chi connectivity index (χ4n) is 4.35. The lowest BCUT2D eigenvalue weighted by atomic mass is 10.1. The van der Waals surface area contributed by atoms with Crippen molar-refractivity contribution in [3.05, 3.63) is 58.3 Å². The summed E-state index contributed by atoms with van der Waals surface area (Å²) in [7, 11) is 0. The van der Waals surface area contributed by atoms with Crippen LogP contribution in [-0.4, -0.2) is 68.3 Å². The number of amides is 1. The molecule has 0 bridgehead atoms. The Hall–Kier alpha value is -3.33. The molecule has 9 nitrogen and oxygen atoms in total. The second-order valence-corrected chi connectivity index (χ2v) is 8.91.